The summed E-state index contributed by atoms with van der Waals surface area (Å²) in [6, 6.07) is 11.0. The molecule has 0 saturated carbocycles. The monoisotopic (exact) mass is 379 g/mol. The SMILES string of the molecule is O=C(O)C1CCCN(C(=O)c2ccc(S(=O)(=O)c3ccccc3)s2)C1. The summed E-state index contributed by atoms with van der Waals surface area (Å²) in [5.74, 6) is -1.79. The molecular formula is C17H17NO5S2. The summed E-state index contributed by atoms with van der Waals surface area (Å²) in [5.41, 5.74) is 0. The van der Waals surface area contributed by atoms with E-state index in [1.165, 1.54) is 29.2 Å². The summed E-state index contributed by atoms with van der Waals surface area (Å²) in [6.07, 6.45) is 1.18. The summed E-state index contributed by atoms with van der Waals surface area (Å²) < 4.78 is 25.3. The number of likely N-dealkylation sites (tertiary alicyclic amines) is 1. The molecule has 2 heterocycles. The first kappa shape index (κ1) is 17.6. The van der Waals surface area contributed by atoms with Crippen LogP contribution in [0.2, 0.25) is 0 Å². The molecule has 1 aromatic carbocycles. The van der Waals surface area contributed by atoms with Crippen molar-refractivity contribution in [3.63, 3.8) is 0 Å². The number of carboxylic acid groups (broad SMARTS) is 1. The Labute approximate surface area is 149 Å². The molecule has 1 N–H and O–H groups in total. The highest BCUT2D eigenvalue weighted by molar-refractivity contribution is 7.93. The Kier molecular flexibility index (Phi) is 4.91. The zero-order chi connectivity index (χ0) is 18.0. The molecule has 8 heteroatoms. The molecule has 6 nitrogen and oxygen atoms in total. The molecule has 0 aliphatic carbocycles. The van der Waals surface area contributed by atoms with Crippen LogP contribution >= 0.6 is 11.3 Å². The van der Waals surface area contributed by atoms with Crippen LogP contribution < -0.4 is 0 Å². The number of carboxylic acids is 1. The number of carbonyl (C=O) groups is 2. The van der Waals surface area contributed by atoms with E-state index < -0.39 is 21.7 Å². The first-order valence-corrected chi connectivity index (χ1v) is 10.1. The quantitative estimate of drug-likeness (QED) is 0.881. The van der Waals surface area contributed by atoms with Crippen molar-refractivity contribution in [3.8, 4) is 0 Å². The van der Waals surface area contributed by atoms with Gasteiger partial charge in [-0.2, -0.15) is 0 Å². The van der Waals surface area contributed by atoms with Crippen LogP contribution in [-0.2, 0) is 14.6 Å². The van der Waals surface area contributed by atoms with Gasteiger partial charge in [-0.1, -0.05) is 18.2 Å². The first-order chi connectivity index (χ1) is 11.9. The van der Waals surface area contributed by atoms with Gasteiger partial charge in [0.25, 0.3) is 5.91 Å². The van der Waals surface area contributed by atoms with E-state index in [2.05, 4.69) is 0 Å². The van der Waals surface area contributed by atoms with E-state index in [-0.39, 0.29) is 21.6 Å². The van der Waals surface area contributed by atoms with E-state index in [1.807, 2.05) is 0 Å². The second kappa shape index (κ2) is 6.97. The standard InChI is InChI=1S/C17H17NO5S2/c19-16(18-10-4-5-12(11-18)17(20)21)14-8-9-15(24-14)25(22,23)13-6-2-1-3-7-13/h1-3,6-9,12H,4-5,10-11H2,(H,20,21). The third kappa shape index (κ3) is 3.59. The van der Waals surface area contributed by atoms with Gasteiger partial charge in [0.15, 0.2) is 0 Å². The normalized spacial score (nSPS) is 18.1. The fourth-order valence-corrected chi connectivity index (χ4v) is 5.51. The van der Waals surface area contributed by atoms with Gasteiger partial charge in [-0.3, -0.25) is 9.59 Å². The second-order valence-electron chi connectivity index (χ2n) is 5.86. The van der Waals surface area contributed by atoms with Gasteiger partial charge in [0.05, 0.1) is 15.7 Å². The molecule has 0 spiro atoms. The third-order valence-corrected chi connectivity index (χ3v) is 7.50. The van der Waals surface area contributed by atoms with Crippen LogP contribution in [0.5, 0.6) is 0 Å². The largest absolute Gasteiger partial charge is 0.481 e. The topological polar surface area (TPSA) is 91.8 Å². The van der Waals surface area contributed by atoms with Crippen molar-refractivity contribution < 1.29 is 23.1 Å². The van der Waals surface area contributed by atoms with Crippen LogP contribution in [0.4, 0.5) is 0 Å². The van der Waals surface area contributed by atoms with Gasteiger partial charge >= 0.3 is 5.97 Å². The predicted molar refractivity (Wildman–Crippen MR) is 92.5 cm³/mol. The Balaban J connectivity index is 1.82. The molecule has 1 atom stereocenters. The molecule has 1 amide bonds. The molecule has 1 saturated heterocycles. The molecule has 2 aromatic rings. The van der Waals surface area contributed by atoms with Crippen LogP contribution in [0.3, 0.4) is 0 Å². The number of benzene rings is 1. The maximum absolute atomic E-state index is 12.6. The van der Waals surface area contributed by atoms with Gasteiger partial charge in [-0.15, -0.1) is 11.3 Å². The lowest BCUT2D eigenvalue weighted by Gasteiger charge is -2.30. The van der Waals surface area contributed by atoms with E-state index >= 15 is 0 Å². The number of thiophene rings is 1. The number of nitrogens with zero attached hydrogens (tertiary/aromatic N) is 1. The highest BCUT2D eigenvalue weighted by Crippen LogP contribution is 2.29. The van der Waals surface area contributed by atoms with Gasteiger partial charge in [0, 0.05) is 13.1 Å². The van der Waals surface area contributed by atoms with Crippen LogP contribution in [0.1, 0.15) is 22.5 Å². The number of carbonyl (C=O) groups excluding carboxylic acids is 1. The van der Waals surface area contributed by atoms with Crippen molar-refractivity contribution in [2.45, 2.75) is 21.9 Å². The summed E-state index contributed by atoms with van der Waals surface area (Å²) in [4.78, 5) is 25.7. The van der Waals surface area contributed by atoms with E-state index in [4.69, 9.17) is 5.11 Å². The minimum Gasteiger partial charge on any atom is -0.481 e. The molecule has 1 aliphatic rings. The van der Waals surface area contributed by atoms with E-state index in [0.29, 0.717) is 24.3 Å². The molecule has 1 aromatic heterocycles. The van der Waals surface area contributed by atoms with Crippen molar-refractivity contribution in [3.05, 3.63) is 47.3 Å². The Morgan fingerprint density at radius 3 is 2.52 bits per heavy atom. The fraction of sp³-hybridized carbons (Fsp3) is 0.294. The van der Waals surface area contributed by atoms with Crippen LogP contribution in [0.25, 0.3) is 0 Å². The Hall–Kier alpha value is -2.19. The predicted octanol–water partition coefficient (Wildman–Crippen LogP) is 2.52. The van der Waals surface area contributed by atoms with E-state index in [1.54, 1.807) is 18.2 Å². The average molecular weight is 379 g/mol. The minimum absolute atomic E-state index is 0.105. The molecule has 1 unspecified atom stereocenters. The zero-order valence-electron chi connectivity index (χ0n) is 13.3. The molecule has 25 heavy (non-hydrogen) atoms. The van der Waals surface area contributed by atoms with Gasteiger partial charge in [0.2, 0.25) is 9.84 Å². The number of hydrogen-bond donors (Lipinski definition) is 1. The Morgan fingerprint density at radius 2 is 1.84 bits per heavy atom. The number of rotatable bonds is 4. The number of amides is 1. The smallest absolute Gasteiger partial charge is 0.308 e. The molecule has 1 fully saturated rings. The van der Waals surface area contributed by atoms with Gasteiger partial charge < -0.3 is 10.0 Å². The third-order valence-electron chi connectivity index (χ3n) is 4.17. The molecular weight excluding hydrogens is 362 g/mol. The molecule has 132 valence electrons. The number of hydrogen-bond acceptors (Lipinski definition) is 5. The average Bonchev–Trinajstić information content (AvgIpc) is 3.13. The van der Waals surface area contributed by atoms with Crippen molar-refractivity contribution in [2.75, 3.05) is 13.1 Å². The van der Waals surface area contributed by atoms with Crippen molar-refractivity contribution in [1.29, 1.82) is 0 Å². The maximum atomic E-state index is 12.6. The summed E-state index contributed by atoms with van der Waals surface area (Å²) in [6.45, 7) is 0.647. The van der Waals surface area contributed by atoms with Gasteiger partial charge in [0.1, 0.15) is 4.21 Å². The number of aliphatic carboxylic acids is 1. The lowest BCUT2D eigenvalue weighted by atomic mass is 9.98. The Bertz CT molecular complexity index is 889. The van der Waals surface area contributed by atoms with Crippen LogP contribution in [0, 0.1) is 5.92 Å². The minimum atomic E-state index is -3.65. The maximum Gasteiger partial charge on any atom is 0.308 e. The van der Waals surface area contributed by atoms with Crippen molar-refractivity contribution in [2.24, 2.45) is 5.92 Å². The lowest BCUT2D eigenvalue weighted by molar-refractivity contribution is -0.143. The van der Waals surface area contributed by atoms with Gasteiger partial charge in [-0.25, -0.2) is 8.42 Å². The molecule has 0 bridgehead atoms. The molecule has 1 aliphatic heterocycles. The highest BCUT2D eigenvalue weighted by atomic mass is 32.2. The fourth-order valence-electron chi connectivity index (χ4n) is 2.81. The van der Waals surface area contributed by atoms with Crippen molar-refractivity contribution in [1.82, 2.24) is 4.90 Å². The second-order valence-corrected chi connectivity index (χ2v) is 9.12. The van der Waals surface area contributed by atoms with E-state index in [9.17, 15) is 18.0 Å². The molecule has 3 rings (SSSR count). The number of piperidine rings is 1. The van der Waals surface area contributed by atoms with E-state index in [0.717, 1.165) is 11.3 Å². The van der Waals surface area contributed by atoms with Crippen molar-refractivity contribution >= 4 is 33.1 Å². The van der Waals surface area contributed by atoms with Crippen LogP contribution in [-0.4, -0.2) is 43.4 Å². The number of sulfone groups is 1. The Morgan fingerprint density at radius 1 is 1.12 bits per heavy atom. The zero-order valence-corrected chi connectivity index (χ0v) is 14.9. The van der Waals surface area contributed by atoms with Crippen LogP contribution in [0.15, 0.2) is 51.6 Å². The summed E-state index contributed by atoms with van der Waals surface area (Å²) >= 11 is 0.919. The highest BCUT2D eigenvalue weighted by Gasteiger charge is 2.30. The summed E-state index contributed by atoms with van der Waals surface area (Å²) in [5, 5.41) is 9.13. The van der Waals surface area contributed by atoms with Gasteiger partial charge in [-0.05, 0) is 37.1 Å². The lowest BCUT2D eigenvalue weighted by Crippen LogP contribution is -2.42. The first-order valence-electron chi connectivity index (χ1n) is 7.81. The molecule has 0 radical (unpaired) electrons. The summed E-state index contributed by atoms with van der Waals surface area (Å²) in [7, 11) is -3.65.